The highest BCUT2D eigenvalue weighted by Gasteiger charge is 2.18. The molecule has 18 heavy (non-hydrogen) atoms. The van der Waals surface area contributed by atoms with Crippen LogP contribution >= 0.6 is 15.9 Å². The number of hydrogen-bond donors (Lipinski definition) is 1. The lowest BCUT2D eigenvalue weighted by molar-refractivity contribution is 0.174. The summed E-state index contributed by atoms with van der Waals surface area (Å²) in [6, 6.07) is 10.9. The van der Waals surface area contributed by atoms with Crippen LogP contribution in [-0.4, -0.2) is 11.2 Å². The third-order valence-electron chi connectivity index (χ3n) is 2.44. The van der Waals surface area contributed by atoms with Crippen molar-refractivity contribution in [2.75, 3.05) is 0 Å². The Hall–Kier alpha value is -1.26. The van der Waals surface area contributed by atoms with Crippen LogP contribution in [0.5, 0.6) is 5.75 Å². The Morgan fingerprint density at radius 2 is 1.89 bits per heavy atom. The maximum absolute atomic E-state index is 10.3. The van der Waals surface area contributed by atoms with Gasteiger partial charge in [0.05, 0.1) is 6.10 Å². The van der Waals surface area contributed by atoms with Crippen LogP contribution in [0.15, 0.2) is 45.5 Å². The molecule has 2 rings (SSSR count). The summed E-state index contributed by atoms with van der Waals surface area (Å²) in [5.74, 6) is 1.16. The third-order valence-corrected chi connectivity index (χ3v) is 2.87. The number of aliphatic hydroxyl groups excluding tert-OH is 1. The fourth-order valence-corrected chi connectivity index (χ4v) is 2.02. The lowest BCUT2D eigenvalue weighted by Crippen LogP contribution is -2.09. The minimum absolute atomic E-state index is 0.0571. The smallest absolute Gasteiger partial charge is 0.169 e. The van der Waals surface area contributed by atoms with Crippen molar-refractivity contribution in [1.82, 2.24) is 0 Å². The number of rotatable bonds is 4. The van der Waals surface area contributed by atoms with E-state index in [1.54, 1.807) is 12.1 Å². The second-order valence-electron chi connectivity index (χ2n) is 4.25. The molecule has 4 heteroatoms. The monoisotopic (exact) mass is 310 g/mol. The summed E-state index contributed by atoms with van der Waals surface area (Å²) in [6.07, 6.45) is -0.770. The van der Waals surface area contributed by atoms with Gasteiger partial charge in [0, 0.05) is 5.56 Å². The number of aliphatic hydroxyl groups is 1. The van der Waals surface area contributed by atoms with Crippen molar-refractivity contribution in [1.29, 1.82) is 0 Å². The number of benzene rings is 1. The molecule has 0 fully saturated rings. The molecule has 0 bridgehead atoms. The Labute approximate surface area is 115 Å². The molecular formula is C14H15BrO3. The van der Waals surface area contributed by atoms with Gasteiger partial charge in [0.15, 0.2) is 4.67 Å². The molecule has 1 unspecified atom stereocenters. The van der Waals surface area contributed by atoms with E-state index in [9.17, 15) is 5.11 Å². The highest BCUT2D eigenvalue weighted by Crippen LogP contribution is 2.32. The zero-order valence-corrected chi connectivity index (χ0v) is 11.8. The summed E-state index contributed by atoms with van der Waals surface area (Å²) < 4.78 is 11.6. The maximum Gasteiger partial charge on any atom is 0.169 e. The predicted molar refractivity (Wildman–Crippen MR) is 72.7 cm³/mol. The lowest BCUT2D eigenvalue weighted by atomic mass is 10.1. The van der Waals surface area contributed by atoms with Crippen molar-refractivity contribution in [3.05, 3.63) is 52.4 Å². The van der Waals surface area contributed by atoms with Gasteiger partial charge in [-0.2, -0.15) is 0 Å². The molecular weight excluding hydrogens is 296 g/mol. The maximum atomic E-state index is 10.3. The zero-order chi connectivity index (χ0) is 13.1. The number of para-hydroxylation sites is 1. The van der Waals surface area contributed by atoms with Gasteiger partial charge >= 0.3 is 0 Å². The lowest BCUT2D eigenvalue weighted by Gasteiger charge is -2.16. The van der Waals surface area contributed by atoms with Gasteiger partial charge < -0.3 is 14.3 Å². The van der Waals surface area contributed by atoms with Crippen molar-refractivity contribution in [3.8, 4) is 5.75 Å². The molecule has 2 aromatic rings. The molecule has 1 aromatic heterocycles. The molecule has 0 radical (unpaired) electrons. The van der Waals surface area contributed by atoms with Gasteiger partial charge in [0.25, 0.3) is 0 Å². The van der Waals surface area contributed by atoms with E-state index in [1.807, 2.05) is 38.1 Å². The van der Waals surface area contributed by atoms with Gasteiger partial charge in [-0.1, -0.05) is 18.2 Å². The van der Waals surface area contributed by atoms with Crippen LogP contribution < -0.4 is 4.74 Å². The summed E-state index contributed by atoms with van der Waals surface area (Å²) in [5.41, 5.74) is 0.702. The Morgan fingerprint density at radius 1 is 1.17 bits per heavy atom. The minimum Gasteiger partial charge on any atom is -0.491 e. The van der Waals surface area contributed by atoms with Crippen LogP contribution in [0.25, 0.3) is 0 Å². The van der Waals surface area contributed by atoms with Crippen LogP contribution in [0, 0.1) is 0 Å². The summed E-state index contributed by atoms with van der Waals surface area (Å²) in [5, 5.41) is 10.3. The molecule has 0 saturated heterocycles. The largest absolute Gasteiger partial charge is 0.491 e. The highest BCUT2D eigenvalue weighted by molar-refractivity contribution is 9.10. The summed E-state index contributed by atoms with van der Waals surface area (Å²) >= 11 is 3.22. The van der Waals surface area contributed by atoms with E-state index in [0.717, 1.165) is 0 Å². The van der Waals surface area contributed by atoms with E-state index < -0.39 is 6.10 Å². The van der Waals surface area contributed by atoms with Crippen molar-refractivity contribution < 1.29 is 14.3 Å². The van der Waals surface area contributed by atoms with Crippen molar-refractivity contribution >= 4 is 15.9 Å². The van der Waals surface area contributed by atoms with Gasteiger partial charge in [-0.15, -0.1) is 0 Å². The number of furan rings is 1. The standard InChI is InChI=1S/C14H15BrO3/c1-9(2)17-11-6-4-3-5-10(11)14(16)12-7-8-13(15)18-12/h3-9,14,16H,1-2H3. The van der Waals surface area contributed by atoms with Gasteiger partial charge in [0.1, 0.15) is 17.6 Å². The van der Waals surface area contributed by atoms with E-state index in [-0.39, 0.29) is 6.10 Å². The summed E-state index contributed by atoms with van der Waals surface area (Å²) in [7, 11) is 0. The topological polar surface area (TPSA) is 42.6 Å². The normalized spacial score (nSPS) is 12.7. The first-order valence-corrected chi connectivity index (χ1v) is 6.56. The molecule has 0 amide bonds. The summed E-state index contributed by atoms with van der Waals surface area (Å²) in [6.45, 7) is 3.90. The van der Waals surface area contributed by atoms with Gasteiger partial charge in [-0.05, 0) is 48.0 Å². The molecule has 0 aliphatic carbocycles. The average Bonchev–Trinajstić information content (AvgIpc) is 2.75. The second kappa shape index (κ2) is 5.59. The number of halogens is 1. The van der Waals surface area contributed by atoms with Crippen LogP contribution in [-0.2, 0) is 0 Å². The average molecular weight is 311 g/mol. The van der Waals surface area contributed by atoms with Gasteiger partial charge in [-0.3, -0.25) is 0 Å². The predicted octanol–water partition coefficient (Wildman–Crippen LogP) is 3.91. The fraction of sp³-hybridized carbons (Fsp3) is 0.286. The van der Waals surface area contributed by atoms with E-state index in [0.29, 0.717) is 21.7 Å². The van der Waals surface area contributed by atoms with Gasteiger partial charge in [0.2, 0.25) is 0 Å². The number of ether oxygens (including phenoxy) is 1. The molecule has 0 aliphatic rings. The third kappa shape index (κ3) is 2.94. The Morgan fingerprint density at radius 3 is 2.50 bits per heavy atom. The van der Waals surface area contributed by atoms with E-state index in [2.05, 4.69) is 15.9 Å². The molecule has 1 aromatic carbocycles. The van der Waals surface area contributed by atoms with Crippen LogP contribution in [0.1, 0.15) is 31.3 Å². The first kappa shape index (κ1) is 13.2. The number of hydrogen-bond acceptors (Lipinski definition) is 3. The molecule has 1 N–H and O–H groups in total. The molecule has 0 spiro atoms. The fourth-order valence-electron chi connectivity index (χ4n) is 1.70. The molecule has 3 nitrogen and oxygen atoms in total. The van der Waals surface area contributed by atoms with Crippen LogP contribution in [0.4, 0.5) is 0 Å². The molecule has 96 valence electrons. The first-order valence-electron chi connectivity index (χ1n) is 5.77. The molecule has 0 aliphatic heterocycles. The highest BCUT2D eigenvalue weighted by atomic mass is 79.9. The Kier molecular flexibility index (Phi) is 4.09. The van der Waals surface area contributed by atoms with Crippen molar-refractivity contribution in [2.45, 2.75) is 26.1 Å². The summed E-state index contributed by atoms with van der Waals surface area (Å²) in [4.78, 5) is 0. The Bertz CT molecular complexity index is 519. The molecule has 1 atom stereocenters. The van der Waals surface area contributed by atoms with Crippen LogP contribution in [0.3, 0.4) is 0 Å². The quantitative estimate of drug-likeness (QED) is 0.931. The van der Waals surface area contributed by atoms with E-state index in [1.165, 1.54) is 0 Å². The Balaban J connectivity index is 2.32. The zero-order valence-electron chi connectivity index (χ0n) is 10.3. The van der Waals surface area contributed by atoms with Gasteiger partial charge in [-0.25, -0.2) is 0 Å². The van der Waals surface area contributed by atoms with Crippen molar-refractivity contribution in [3.63, 3.8) is 0 Å². The molecule has 0 saturated carbocycles. The SMILES string of the molecule is CC(C)Oc1ccccc1C(O)c1ccc(Br)o1. The molecule has 1 heterocycles. The minimum atomic E-state index is -0.828. The van der Waals surface area contributed by atoms with Crippen molar-refractivity contribution in [2.24, 2.45) is 0 Å². The second-order valence-corrected chi connectivity index (χ2v) is 5.03. The van der Waals surface area contributed by atoms with Crippen LogP contribution in [0.2, 0.25) is 0 Å². The van der Waals surface area contributed by atoms with E-state index >= 15 is 0 Å². The van der Waals surface area contributed by atoms with E-state index in [4.69, 9.17) is 9.15 Å². The first-order chi connectivity index (χ1) is 8.58.